The van der Waals surface area contributed by atoms with Crippen LogP contribution < -0.4 is 5.73 Å². The number of primary amides is 1. The largest absolute Gasteiger partial charge is 0.369 e. The number of halogens is 8. The van der Waals surface area contributed by atoms with Crippen LogP contribution in [0.4, 0.5) is 19.4 Å². The molecule has 0 unspecified atom stereocenters. The molecule has 0 radical (unpaired) electrons. The standard InChI is InChI=1S/C14H8Cl3F5N4OS/c15-7-3-6(28(18,19,20,21)22)4-8(16)11(7)26-12(17)10(9(5-23)25-26)14(1-2-14)13(24)27/h3-4H,1-2H2,(H2,24,27). The fourth-order valence-corrected chi connectivity index (χ4v) is 4.61. The first-order valence-electron chi connectivity index (χ1n) is 7.24. The second kappa shape index (κ2) is 5.44. The SMILES string of the molecule is N#Cc1nn(-c2c(Cl)cc(S(F)(F)(F)(F)F)cc2Cl)c(Cl)c1C1(C(N)=O)CC1. The molecule has 1 heterocycles. The number of hydrogen-bond acceptors (Lipinski definition) is 3. The summed E-state index contributed by atoms with van der Waals surface area (Å²) in [6.45, 7) is 0. The Morgan fingerprint density at radius 3 is 2.04 bits per heavy atom. The van der Waals surface area contributed by atoms with Crippen LogP contribution in [0.25, 0.3) is 5.69 Å². The van der Waals surface area contributed by atoms with Crippen molar-refractivity contribution in [1.82, 2.24) is 9.78 Å². The normalized spacial score (nSPS) is 18.1. The smallest absolute Gasteiger partial charge is 0.310 e. The third-order valence-electron chi connectivity index (χ3n) is 4.28. The maximum atomic E-state index is 13.0. The molecule has 1 aliphatic carbocycles. The average molecular weight is 482 g/mol. The molecule has 0 atom stereocenters. The number of carbonyl (C=O) groups excluding carboxylic acids is 1. The van der Waals surface area contributed by atoms with Gasteiger partial charge in [0.15, 0.2) is 5.69 Å². The van der Waals surface area contributed by atoms with Crippen molar-refractivity contribution in [2.24, 2.45) is 5.73 Å². The van der Waals surface area contributed by atoms with Gasteiger partial charge >= 0.3 is 10.2 Å². The van der Waals surface area contributed by atoms with Crippen molar-refractivity contribution in [3.63, 3.8) is 0 Å². The highest BCUT2D eigenvalue weighted by atomic mass is 35.5. The van der Waals surface area contributed by atoms with Gasteiger partial charge in [0.1, 0.15) is 21.8 Å². The van der Waals surface area contributed by atoms with Crippen molar-refractivity contribution in [3.05, 3.63) is 38.6 Å². The van der Waals surface area contributed by atoms with Crippen LogP contribution in [0.1, 0.15) is 24.1 Å². The lowest BCUT2D eigenvalue weighted by Gasteiger charge is -2.40. The van der Waals surface area contributed by atoms with E-state index in [1.807, 2.05) is 0 Å². The summed E-state index contributed by atoms with van der Waals surface area (Å²) >= 11 is 17.8. The van der Waals surface area contributed by atoms with Gasteiger partial charge in [-0.25, -0.2) is 4.68 Å². The highest BCUT2D eigenvalue weighted by Gasteiger charge is 2.65. The van der Waals surface area contributed by atoms with Crippen LogP contribution in [-0.4, -0.2) is 15.7 Å². The van der Waals surface area contributed by atoms with Gasteiger partial charge in [-0.1, -0.05) is 54.2 Å². The zero-order valence-electron chi connectivity index (χ0n) is 13.3. The Hall–Kier alpha value is -1.74. The number of aromatic nitrogens is 2. The van der Waals surface area contributed by atoms with E-state index >= 15 is 0 Å². The van der Waals surface area contributed by atoms with Crippen LogP contribution in [0, 0.1) is 11.3 Å². The van der Waals surface area contributed by atoms with E-state index in [2.05, 4.69) is 5.10 Å². The number of nitriles is 1. The summed E-state index contributed by atoms with van der Waals surface area (Å²) < 4.78 is 65.9. The van der Waals surface area contributed by atoms with Crippen LogP contribution in [-0.2, 0) is 10.2 Å². The van der Waals surface area contributed by atoms with E-state index in [1.165, 1.54) is 0 Å². The fourth-order valence-electron chi connectivity index (χ4n) is 2.76. The molecule has 152 valence electrons. The molecule has 3 rings (SSSR count). The number of rotatable bonds is 4. The Bertz CT molecular complexity index is 1070. The average Bonchev–Trinajstić information content (AvgIpc) is 3.25. The summed E-state index contributed by atoms with van der Waals surface area (Å²) in [7, 11) is -10.0. The minimum Gasteiger partial charge on any atom is -0.369 e. The minimum atomic E-state index is -10.0. The molecular weight excluding hydrogens is 474 g/mol. The molecule has 0 aliphatic heterocycles. The van der Waals surface area contributed by atoms with Crippen molar-refractivity contribution in [1.29, 1.82) is 5.26 Å². The summed E-state index contributed by atoms with van der Waals surface area (Å²) in [5.74, 6) is -0.765. The van der Waals surface area contributed by atoms with Gasteiger partial charge in [0.25, 0.3) is 0 Å². The van der Waals surface area contributed by atoms with Crippen LogP contribution in [0.3, 0.4) is 0 Å². The molecule has 2 N–H and O–H groups in total. The van der Waals surface area contributed by atoms with E-state index < -0.39 is 42.2 Å². The molecule has 1 aromatic carbocycles. The molecule has 14 heteroatoms. The van der Waals surface area contributed by atoms with E-state index in [1.54, 1.807) is 6.07 Å². The first-order chi connectivity index (χ1) is 12.5. The maximum absolute atomic E-state index is 13.0. The Morgan fingerprint density at radius 1 is 1.18 bits per heavy atom. The molecule has 1 saturated carbocycles. The molecule has 1 aromatic heterocycles. The number of amides is 1. The van der Waals surface area contributed by atoms with E-state index in [0.29, 0.717) is 0 Å². The highest BCUT2D eigenvalue weighted by Crippen LogP contribution is 3.02. The van der Waals surface area contributed by atoms with Crippen molar-refractivity contribution >= 4 is 50.9 Å². The third kappa shape index (κ3) is 3.28. The maximum Gasteiger partial charge on any atom is 0.310 e. The molecule has 2 aromatic rings. The first kappa shape index (κ1) is 21.0. The van der Waals surface area contributed by atoms with E-state index in [-0.39, 0.29) is 41.4 Å². The number of carbonyl (C=O) groups is 1. The summed E-state index contributed by atoms with van der Waals surface area (Å²) in [6.07, 6.45) is 0.570. The molecule has 1 aliphatic rings. The van der Waals surface area contributed by atoms with E-state index in [4.69, 9.17) is 40.5 Å². The number of nitrogens with zero attached hydrogens (tertiary/aromatic N) is 3. The second-order valence-corrected chi connectivity index (χ2v) is 9.77. The van der Waals surface area contributed by atoms with Gasteiger partial charge in [0.05, 0.1) is 15.5 Å². The Balaban J connectivity index is 2.26. The summed E-state index contributed by atoms with van der Waals surface area (Å²) in [5, 5.41) is 11.1. The van der Waals surface area contributed by atoms with Crippen LogP contribution in [0.5, 0.6) is 0 Å². The van der Waals surface area contributed by atoms with Gasteiger partial charge in [0.2, 0.25) is 5.91 Å². The molecule has 5 nitrogen and oxygen atoms in total. The second-order valence-electron chi connectivity index (χ2n) is 6.19. The summed E-state index contributed by atoms with van der Waals surface area (Å²) in [6, 6.07) is 1.70. The summed E-state index contributed by atoms with van der Waals surface area (Å²) in [4.78, 5) is 9.48. The predicted molar refractivity (Wildman–Crippen MR) is 94.8 cm³/mol. The van der Waals surface area contributed by atoms with Gasteiger partial charge in [-0.2, -0.15) is 10.4 Å². The zero-order chi connectivity index (χ0) is 21.3. The van der Waals surface area contributed by atoms with Crippen LogP contribution in [0.15, 0.2) is 17.0 Å². The van der Waals surface area contributed by atoms with E-state index in [0.717, 1.165) is 4.68 Å². The fraction of sp³-hybridized carbons (Fsp3) is 0.214. The zero-order valence-corrected chi connectivity index (χ0v) is 16.4. The lowest BCUT2D eigenvalue weighted by atomic mass is 9.96. The molecule has 0 bridgehead atoms. The Morgan fingerprint density at radius 2 is 1.68 bits per heavy atom. The van der Waals surface area contributed by atoms with Gasteiger partial charge in [-0.15, -0.1) is 0 Å². The molecule has 1 amide bonds. The quantitative estimate of drug-likeness (QED) is 0.554. The molecule has 0 saturated heterocycles. The minimum absolute atomic E-state index is 0.00493. The molecule has 28 heavy (non-hydrogen) atoms. The number of benzene rings is 1. The van der Waals surface area contributed by atoms with Crippen molar-refractivity contribution in [2.75, 3.05) is 0 Å². The van der Waals surface area contributed by atoms with Crippen molar-refractivity contribution in [2.45, 2.75) is 23.2 Å². The topological polar surface area (TPSA) is 84.7 Å². The Kier molecular flexibility index (Phi) is 4.08. The van der Waals surface area contributed by atoms with Crippen molar-refractivity contribution in [3.8, 4) is 11.8 Å². The van der Waals surface area contributed by atoms with Gasteiger partial charge in [-0.05, 0) is 25.0 Å². The number of nitrogens with two attached hydrogens (primary N) is 1. The Labute approximate surface area is 169 Å². The lowest BCUT2D eigenvalue weighted by molar-refractivity contribution is -0.120. The van der Waals surface area contributed by atoms with Gasteiger partial charge in [0, 0.05) is 5.56 Å². The van der Waals surface area contributed by atoms with Crippen LogP contribution in [0.2, 0.25) is 15.2 Å². The van der Waals surface area contributed by atoms with Gasteiger partial charge < -0.3 is 5.73 Å². The predicted octanol–water partition coefficient (Wildman–Crippen LogP) is 5.88. The molecule has 0 spiro atoms. The number of hydrogen-bond donors (Lipinski definition) is 1. The molecule has 1 fully saturated rings. The monoisotopic (exact) mass is 480 g/mol. The third-order valence-corrected chi connectivity index (χ3v) is 6.33. The summed E-state index contributed by atoms with van der Waals surface area (Å²) in [5.41, 5.74) is 3.32. The lowest BCUT2D eigenvalue weighted by Crippen LogP contribution is -2.29. The van der Waals surface area contributed by atoms with Gasteiger partial charge in [-0.3, -0.25) is 4.79 Å². The van der Waals surface area contributed by atoms with Crippen molar-refractivity contribution < 1.29 is 24.2 Å². The van der Waals surface area contributed by atoms with E-state index in [9.17, 15) is 29.5 Å². The highest BCUT2D eigenvalue weighted by molar-refractivity contribution is 8.45. The first-order valence-corrected chi connectivity index (χ1v) is 10.3. The molecular formula is C14H8Cl3F5N4OS. The van der Waals surface area contributed by atoms with Crippen LogP contribution >= 0.6 is 45.0 Å².